The van der Waals surface area contributed by atoms with Crippen LogP contribution in [0.5, 0.6) is 5.75 Å². The van der Waals surface area contributed by atoms with Gasteiger partial charge in [-0.25, -0.2) is 16.8 Å². The lowest BCUT2D eigenvalue weighted by atomic mass is 10.1. The number of hydrogen-bond donors (Lipinski definition) is 2. The van der Waals surface area contributed by atoms with E-state index in [1.54, 1.807) is 29.0 Å². The van der Waals surface area contributed by atoms with Crippen molar-refractivity contribution in [3.63, 3.8) is 0 Å². The van der Waals surface area contributed by atoms with Crippen LogP contribution >= 0.6 is 34.3 Å². The maximum Gasteiger partial charge on any atom is 0.573 e. The lowest BCUT2D eigenvalue weighted by Gasteiger charge is -2.17. The van der Waals surface area contributed by atoms with Crippen molar-refractivity contribution in [2.75, 3.05) is 9.44 Å². The van der Waals surface area contributed by atoms with Crippen LogP contribution in [-0.4, -0.2) is 23.2 Å². The zero-order valence-electron chi connectivity index (χ0n) is 17.6. The second-order valence-electron chi connectivity index (χ2n) is 7.02. The van der Waals surface area contributed by atoms with Crippen LogP contribution < -0.4 is 14.2 Å². The highest BCUT2D eigenvalue weighted by molar-refractivity contribution is 7.94. The molecule has 0 spiro atoms. The van der Waals surface area contributed by atoms with Crippen LogP contribution in [0.1, 0.15) is 0 Å². The molecular formula is C21H14ClF3N2O5S4. The molecule has 2 N–H and O–H groups in total. The van der Waals surface area contributed by atoms with E-state index in [1.165, 1.54) is 29.5 Å². The van der Waals surface area contributed by atoms with Crippen molar-refractivity contribution in [1.29, 1.82) is 0 Å². The molecule has 0 radical (unpaired) electrons. The summed E-state index contributed by atoms with van der Waals surface area (Å²) in [5.41, 5.74) is 0.158. The van der Waals surface area contributed by atoms with E-state index in [-0.39, 0.29) is 25.5 Å². The summed E-state index contributed by atoms with van der Waals surface area (Å²) < 4.78 is 97.3. The Kier molecular flexibility index (Phi) is 7.26. The molecule has 2 aromatic carbocycles. The molecule has 0 aliphatic carbocycles. The third kappa shape index (κ3) is 6.13. The Morgan fingerprint density at radius 1 is 0.806 bits per heavy atom. The Labute approximate surface area is 217 Å². The molecule has 0 unspecified atom stereocenters. The van der Waals surface area contributed by atoms with E-state index in [4.69, 9.17) is 11.6 Å². The average molecular weight is 595 g/mol. The molecule has 0 amide bonds. The van der Waals surface area contributed by atoms with Gasteiger partial charge in [0, 0.05) is 10.4 Å². The van der Waals surface area contributed by atoms with Crippen molar-refractivity contribution in [1.82, 2.24) is 0 Å². The van der Waals surface area contributed by atoms with Crippen LogP contribution in [-0.2, 0) is 20.0 Å². The van der Waals surface area contributed by atoms with Crippen molar-refractivity contribution in [2.24, 2.45) is 0 Å². The summed E-state index contributed by atoms with van der Waals surface area (Å²) in [4.78, 5) is 0.318. The molecule has 0 aliphatic heterocycles. The number of benzene rings is 2. The van der Waals surface area contributed by atoms with Gasteiger partial charge in [0.2, 0.25) is 0 Å². The van der Waals surface area contributed by atoms with E-state index in [0.29, 0.717) is 10.4 Å². The van der Waals surface area contributed by atoms with Crippen LogP contribution in [0, 0.1) is 0 Å². The standard InChI is InChI=1S/C21H14ClF3N2O5S4/c22-16-12-18(27-36(30,31)20-4-2-10-34-20)17(11-15(16)19-3-1-9-33-19)26-35(28,29)14-7-5-13(6-8-14)32-21(23,24)25/h1-12,26-27H. The summed E-state index contributed by atoms with van der Waals surface area (Å²) in [6, 6.07) is 12.6. The van der Waals surface area contributed by atoms with E-state index < -0.39 is 32.2 Å². The summed E-state index contributed by atoms with van der Waals surface area (Å²) >= 11 is 8.69. The summed E-state index contributed by atoms with van der Waals surface area (Å²) in [6.45, 7) is 0. The molecule has 0 bridgehead atoms. The number of halogens is 4. The quantitative estimate of drug-likeness (QED) is 0.238. The van der Waals surface area contributed by atoms with E-state index >= 15 is 0 Å². The van der Waals surface area contributed by atoms with Gasteiger partial charge in [0.05, 0.1) is 21.3 Å². The lowest BCUT2D eigenvalue weighted by molar-refractivity contribution is -0.274. The van der Waals surface area contributed by atoms with Crippen molar-refractivity contribution in [3.8, 4) is 16.2 Å². The van der Waals surface area contributed by atoms with Crippen LogP contribution in [0.3, 0.4) is 0 Å². The summed E-state index contributed by atoms with van der Waals surface area (Å²) in [5, 5.41) is 3.52. The molecule has 7 nitrogen and oxygen atoms in total. The number of thiophene rings is 2. The van der Waals surface area contributed by atoms with Gasteiger partial charge in [0.1, 0.15) is 9.96 Å². The lowest BCUT2D eigenvalue weighted by Crippen LogP contribution is -2.18. The smallest absolute Gasteiger partial charge is 0.406 e. The van der Waals surface area contributed by atoms with E-state index in [9.17, 15) is 30.0 Å². The highest BCUT2D eigenvalue weighted by atomic mass is 35.5. The van der Waals surface area contributed by atoms with Crippen LogP contribution in [0.25, 0.3) is 10.4 Å². The van der Waals surface area contributed by atoms with Crippen molar-refractivity contribution < 1.29 is 34.7 Å². The Morgan fingerprint density at radius 2 is 1.42 bits per heavy atom. The molecule has 4 rings (SSSR count). The van der Waals surface area contributed by atoms with Crippen molar-refractivity contribution in [2.45, 2.75) is 15.5 Å². The zero-order valence-corrected chi connectivity index (χ0v) is 21.6. The zero-order chi connectivity index (χ0) is 26.1. The third-order valence-electron chi connectivity index (χ3n) is 4.51. The van der Waals surface area contributed by atoms with Crippen LogP contribution in [0.2, 0.25) is 5.02 Å². The van der Waals surface area contributed by atoms with Gasteiger partial charge in [-0.3, -0.25) is 9.44 Å². The summed E-state index contributed by atoms with van der Waals surface area (Å²) in [7, 11) is -8.43. The van der Waals surface area contributed by atoms with Gasteiger partial charge >= 0.3 is 6.36 Å². The Morgan fingerprint density at radius 3 is 2.00 bits per heavy atom. The first-order valence-corrected chi connectivity index (χ1v) is 14.8. The normalized spacial score (nSPS) is 12.3. The molecule has 36 heavy (non-hydrogen) atoms. The Balaban J connectivity index is 1.73. The second kappa shape index (κ2) is 9.94. The van der Waals surface area contributed by atoms with Gasteiger partial charge in [-0.15, -0.1) is 35.8 Å². The largest absolute Gasteiger partial charge is 0.573 e. The minimum atomic E-state index is -4.94. The monoisotopic (exact) mass is 594 g/mol. The van der Waals surface area contributed by atoms with Gasteiger partial charge < -0.3 is 4.74 Å². The Bertz CT molecular complexity index is 1570. The molecule has 2 aromatic heterocycles. The van der Waals surface area contributed by atoms with Crippen molar-refractivity contribution >= 4 is 65.7 Å². The number of sulfonamides is 2. The predicted octanol–water partition coefficient (Wildman–Crippen LogP) is 6.63. The van der Waals surface area contributed by atoms with Gasteiger partial charge in [-0.1, -0.05) is 23.7 Å². The first-order chi connectivity index (χ1) is 16.8. The molecular weight excluding hydrogens is 581 g/mol. The number of alkyl halides is 3. The molecule has 2 heterocycles. The first-order valence-electron chi connectivity index (χ1n) is 9.66. The number of nitrogens with one attached hydrogen (secondary N) is 2. The fourth-order valence-corrected chi connectivity index (χ4v) is 7.21. The molecule has 0 saturated carbocycles. The van der Waals surface area contributed by atoms with Gasteiger partial charge in [0.25, 0.3) is 20.0 Å². The fraction of sp³-hybridized carbons (Fsp3) is 0.0476. The number of rotatable bonds is 8. The van der Waals surface area contributed by atoms with Gasteiger partial charge in [-0.05, 0) is 59.3 Å². The average Bonchev–Trinajstić information content (AvgIpc) is 3.49. The summed E-state index contributed by atoms with van der Waals surface area (Å²) in [5.74, 6) is -0.600. The highest BCUT2D eigenvalue weighted by Crippen LogP contribution is 2.39. The van der Waals surface area contributed by atoms with Gasteiger partial charge in [-0.2, -0.15) is 0 Å². The molecule has 15 heteroatoms. The van der Waals surface area contributed by atoms with Crippen molar-refractivity contribution in [3.05, 3.63) is 76.4 Å². The number of anilines is 2. The minimum Gasteiger partial charge on any atom is -0.406 e. The third-order valence-corrected chi connectivity index (χ3v) is 9.87. The molecule has 4 aromatic rings. The van der Waals surface area contributed by atoms with E-state index in [1.807, 2.05) is 0 Å². The predicted molar refractivity (Wildman–Crippen MR) is 134 cm³/mol. The van der Waals surface area contributed by atoms with Gasteiger partial charge in [0.15, 0.2) is 0 Å². The summed E-state index contributed by atoms with van der Waals surface area (Å²) in [6.07, 6.45) is -4.94. The number of ether oxygens (including phenoxy) is 1. The molecule has 0 atom stereocenters. The fourth-order valence-electron chi connectivity index (χ4n) is 3.00. The molecule has 190 valence electrons. The molecule has 0 fully saturated rings. The maximum absolute atomic E-state index is 13.0. The number of hydrogen-bond acceptors (Lipinski definition) is 7. The SMILES string of the molecule is O=S(=O)(Nc1cc(-c2cccs2)c(Cl)cc1NS(=O)(=O)c1cccs1)c1ccc(OC(F)(F)F)cc1. The maximum atomic E-state index is 13.0. The second-order valence-corrected chi connectivity index (χ2v) is 12.9. The molecule has 0 aliphatic rings. The molecule has 0 saturated heterocycles. The highest BCUT2D eigenvalue weighted by Gasteiger charge is 2.31. The van der Waals surface area contributed by atoms with E-state index in [2.05, 4.69) is 14.2 Å². The minimum absolute atomic E-state index is 0.00461. The first kappa shape index (κ1) is 26.3. The van der Waals surface area contributed by atoms with E-state index in [0.717, 1.165) is 35.6 Å². The Hall–Kier alpha value is -2.78. The van der Waals surface area contributed by atoms with Crippen LogP contribution in [0.15, 0.2) is 80.5 Å². The topological polar surface area (TPSA) is 102 Å². The van der Waals surface area contributed by atoms with Crippen LogP contribution in [0.4, 0.5) is 24.5 Å².